The molecule has 0 aliphatic rings. The van der Waals surface area contributed by atoms with Gasteiger partial charge in [-0.1, -0.05) is 0 Å². The summed E-state index contributed by atoms with van der Waals surface area (Å²) in [5, 5.41) is 0. The van der Waals surface area contributed by atoms with Crippen molar-refractivity contribution < 1.29 is 23.5 Å². The van der Waals surface area contributed by atoms with Gasteiger partial charge in [-0.25, -0.2) is 29.0 Å². The number of methoxy groups -OCH3 is 1. The molecule has 0 N–H and O–H groups in total. The Labute approximate surface area is 150 Å². The van der Waals surface area contributed by atoms with Crippen LogP contribution in [0.2, 0.25) is 0 Å². The van der Waals surface area contributed by atoms with Crippen LogP contribution in [0, 0.1) is 5.82 Å². The van der Waals surface area contributed by atoms with E-state index < -0.39 is 17.5 Å². The highest BCUT2D eigenvalue weighted by molar-refractivity contribution is 5.85. The number of amides is 1. The zero-order valence-electron chi connectivity index (χ0n) is 14.9. The van der Waals surface area contributed by atoms with Gasteiger partial charge in [0.15, 0.2) is 6.29 Å². The van der Waals surface area contributed by atoms with Crippen LogP contribution in [-0.2, 0) is 11.3 Å². The van der Waals surface area contributed by atoms with E-state index in [2.05, 4.69) is 15.0 Å². The second-order valence-corrected chi connectivity index (χ2v) is 6.32. The normalized spacial score (nSPS) is 11.0. The molecule has 2 rings (SSSR count). The van der Waals surface area contributed by atoms with Crippen LogP contribution < -0.4 is 9.64 Å². The fraction of sp³-hybridized carbons (Fsp3) is 0.353. The van der Waals surface area contributed by atoms with Crippen LogP contribution in [0.25, 0.3) is 0 Å². The first-order chi connectivity index (χ1) is 12.2. The molecule has 2 aromatic rings. The molecule has 0 radical (unpaired) electrons. The number of anilines is 1. The van der Waals surface area contributed by atoms with Gasteiger partial charge in [-0.3, -0.25) is 4.79 Å². The predicted molar refractivity (Wildman–Crippen MR) is 90.6 cm³/mol. The van der Waals surface area contributed by atoms with Crippen LogP contribution in [0.3, 0.4) is 0 Å². The molecule has 8 nitrogen and oxygen atoms in total. The van der Waals surface area contributed by atoms with E-state index in [1.54, 1.807) is 20.8 Å². The third-order valence-electron chi connectivity index (χ3n) is 3.10. The molecule has 0 aromatic carbocycles. The summed E-state index contributed by atoms with van der Waals surface area (Å²) in [6.45, 7) is 4.90. The highest BCUT2D eigenvalue weighted by Crippen LogP contribution is 2.20. The smallest absolute Gasteiger partial charge is 0.417 e. The molecule has 0 aliphatic carbocycles. The SMILES string of the molecule is COc1cc(CN(C(=O)OC(C)(C)C)c2ncc(C=O)cn2)c(F)cn1. The van der Waals surface area contributed by atoms with E-state index in [1.807, 2.05) is 0 Å². The molecule has 0 bridgehead atoms. The Morgan fingerprint density at radius 2 is 1.88 bits per heavy atom. The molecule has 2 heterocycles. The van der Waals surface area contributed by atoms with Crippen LogP contribution in [0.4, 0.5) is 15.1 Å². The summed E-state index contributed by atoms with van der Waals surface area (Å²) < 4.78 is 24.5. The van der Waals surface area contributed by atoms with Crippen LogP contribution in [0.5, 0.6) is 5.88 Å². The Bertz CT molecular complexity index is 790. The molecule has 0 aliphatic heterocycles. The fourth-order valence-electron chi connectivity index (χ4n) is 1.93. The van der Waals surface area contributed by atoms with Gasteiger partial charge < -0.3 is 9.47 Å². The molecule has 9 heteroatoms. The summed E-state index contributed by atoms with van der Waals surface area (Å²) in [7, 11) is 1.40. The van der Waals surface area contributed by atoms with Crippen molar-refractivity contribution in [2.24, 2.45) is 0 Å². The van der Waals surface area contributed by atoms with E-state index in [1.165, 1.54) is 25.6 Å². The molecular formula is C17H19FN4O4. The number of rotatable bonds is 5. The van der Waals surface area contributed by atoms with Crippen molar-refractivity contribution in [1.29, 1.82) is 0 Å². The summed E-state index contributed by atoms with van der Waals surface area (Å²) in [4.78, 5) is 36.1. The lowest BCUT2D eigenvalue weighted by Crippen LogP contribution is -2.37. The Kier molecular flexibility index (Phi) is 5.81. The molecule has 0 unspecified atom stereocenters. The lowest BCUT2D eigenvalue weighted by atomic mass is 10.2. The van der Waals surface area contributed by atoms with E-state index in [9.17, 15) is 14.0 Å². The molecule has 0 fully saturated rings. The van der Waals surface area contributed by atoms with E-state index >= 15 is 0 Å². The molecule has 0 saturated heterocycles. The molecule has 1 amide bonds. The summed E-state index contributed by atoms with van der Waals surface area (Å²) in [5.74, 6) is -0.452. The number of ether oxygens (including phenoxy) is 2. The first-order valence-corrected chi connectivity index (χ1v) is 7.69. The van der Waals surface area contributed by atoms with Crippen LogP contribution in [0.1, 0.15) is 36.7 Å². The summed E-state index contributed by atoms with van der Waals surface area (Å²) in [6.07, 6.45) is 3.34. The third-order valence-corrected chi connectivity index (χ3v) is 3.10. The predicted octanol–water partition coefficient (Wildman–Crippen LogP) is 2.77. The first-order valence-electron chi connectivity index (χ1n) is 7.69. The molecular weight excluding hydrogens is 343 g/mol. The largest absolute Gasteiger partial charge is 0.481 e. The number of aldehydes is 1. The van der Waals surface area contributed by atoms with Gasteiger partial charge in [-0.2, -0.15) is 0 Å². The second-order valence-electron chi connectivity index (χ2n) is 6.32. The van der Waals surface area contributed by atoms with Crippen molar-refractivity contribution in [3.63, 3.8) is 0 Å². The zero-order chi connectivity index (χ0) is 19.3. The maximum absolute atomic E-state index is 14.1. The summed E-state index contributed by atoms with van der Waals surface area (Å²) in [6, 6.07) is 1.37. The molecule has 26 heavy (non-hydrogen) atoms. The number of carbonyl (C=O) groups excluding carboxylic acids is 2. The van der Waals surface area contributed by atoms with Gasteiger partial charge >= 0.3 is 6.09 Å². The van der Waals surface area contributed by atoms with E-state index in [4.69, 9.17) is 9.47 Å². The fourth-order valence-corrected chi connectivity index (χ4v) is 1.93. The zero-order valence-corrected chi connectivity index (χ0v) is 14.9. The molecule has 0 atom stereocenters. The number of aromatic nitrogens is 3. The Hall–Kier alpha value is -3.10. The van der Waals surface area contributed by atoms with Gasteiger partial charge in [0.25, 0.3) is 0 Å². The molecule has 2 aromatic heterocycles. The van der Waals surface area contributed by atoms with Crippen molar-refractivity contribution in [1.82, 2.24) is 15.0 Å². The van der Waals surface area contributed by atoms with Crippen LogP contribution in [0.15, 0.2) is 24.7 Å². The maximum atomic E-state index is 14.1. The highest BCUT2D eigenvalue weighted by atomic mass is 19.1. The average molecular weight is 362 g/mol. The number of pyridine rings is 1. The summed E-state index contributed by atoms with van der Waals surface area (Å²) in [5.41, 5.74) is -0.382. The van der Waals surface area contributed by atoms with Crippen molar-refractivity contribution >= 4 is 18.3 Å². The van der Waals surface area contributed by atoms with Crippen molar-refractivity contribution in [2.75, 3.05) is 12.0 Å². The van der Waals surface area contributed by atoms with Crippen molar-refractivity contribution in [3.8, 4) is 5.88 Å². The van der Waals surface area contributed by atoms with Crippen LogP contribution in [-0.4, -0.2) is 40.0 Å². The minimum absolute atomic E-state index is 0.0278. The molecule has 138 valence electrons. The molecule has 0 saturated carbocycles. The first kappa shape index (κ1) is 19.2. The van der Waals surface area contributed by atoms with E-state index in [0.717, 1.165) is 11.1 Å². The number of nitrogens with zero attached hydrogens (tertiary/aromatic N) is 4. The number of hydrogen-bond acceptors (Lipinski definition) is 7. The van der Waals surface area contributed by atoms with Gasteiger partial charge in [-0.05, 0) is 20.8 Å². The maximum Gasteiger partial charge on any atom is 0.417 e. The highest BCUT2D eigenvalue weighted by Gasteiger charge is 2.26. The van der Waals surface area contributed by atoms with Crippen molar-refractivity contribution in [3.05, 3.63) is 41.6 Å². The summed E-state index contributed by atoms with van der Waals surface area (Å²) >= 11 is 0. The number of halogens is 1. The molecule has 0 spiro atoms. The Morgan fingerprint density at radius 3 is 2.42 bits per heavy atom. The second kappa shape index (κ2) is 7.85. The van der Waals surface area contributed by atoms with Gasteiger partial charge in [0.1, 0.15) is 11.4 Å². The monoisotopic (exact) mass is 362 g/mol. The minimum atomic E-state index is -0.771. The number of hydrogen-bond donors (Lipinski definition) is 0. The topological polar surface area (TPSA) is 94.5 Å². The van der Waals surface area contributed by atoms with Gasteiger partial charge in [-0.15, -0.1) is 0 Å². The third kappa shape index (κ3) is 4.95. The van der Waals surface area contributed by atoms with E-state index in [-0.39, 0.29) is 29.5 Å². The van der Waals surface area contributed by atoms with Gasteiger partial charge in [0.05, 0.1) is 25.4 Å². The van der Waals surface area contributed by atoms with Crippen molar-refractivity contribution in [2.45, 2.75) is 32.9 Å². The van der Waals surface area contributed by atoms with Crippen LogP contribution >= 0.6 is 0 Å². The lowest BCUT2D eigenvalue weighted by molar-refractivity contribution is 0.0574. The lowest BCUT2D eigenvalue weighted by Gasteiger charge is -2.26. The standard InChI is InChI=1S/C17H19FN4O4/c1-17(2,3)26-16(24)22(15-20-6-11(10-23)7-21-15)9-12-5-14(25-4)19-8-13(12)18/h5-8,10H,9H2,1-4H3. The quantitative estimate of drug-likeness (QED) is 0.755. The average Bonchev–Trinajstić information content (AvgIpc) is 2.59. The van der Waals surface area contributed by atoms with E-state index in [0.29, 0.717) is 6.29 Å². The Balaban J connectivity index is 2.39. The number of carbonyl (C=O) groups is 2. The van der Waals surface area contributed by atoms with Gasteiger partial charge in [0.2, 0.25) is 11.8 Å². The van der Waals surface area contributed by atoms with Gasteiger partial charge in [0, 0.05) is 24.0 Å². The Morgan fingerprint density at radius 1 is 1.23 bits per heavy atom. The minimum Gasteiger partial charge on any atom is -0.481 e.